The first kappa shape index (κ1) is 12.7. The molecule has 2 rings (SSSR count). The molecule has 0 aliphatic carbocycles. The van der Waals surface area contributed by atoms with Crippen LogP contribution >= 0.6 is 11.8 Å². The lowest BCUT2D eigenvalue weighted by Gasteiger charge is -2.21. The molecule has 1 aliphatic heterocycles. The van der Waals surface area contributed by atoms with Crippen LogP contribution in [0.5, 0.6) is 5.75 Å². The molecular formula is C13H18FNOS. The van der Waals surface area contributed by atoms with Crippen molar-refractivity contribution < 1.29 is 9.50 Å². The van der Waals surface area contributed by atoms with Gasteiger partial charge in [-0.05, 0) is 55.0 Å². The van der Waals surface area contributed by atoms with Gasteiger partial charge in [0, 0.05) is 12.1 Å². The fraction of sp³-hybridized carbons (Fsp3) is 0.538. The molecule has 2 N–H and O–H groups in total. The highest BCUT2D eigenvalue weighted by Crippen LogP contribution is 2.22. The maximum atomic E-state index is 13.0. The van der Waals surface area contributed by atoms with Crippen LogP contribution in [0, 0.1) is 11.7 Å². The van der Waals surface area contributed by atoms with Crippen LogP contribution in [0.2, 0.25) is 0 Å². The van der Waals surface area contributed by atoms with E-state index in [-0.39, 0.29) is 11.6 Å². The van der Waals surface area contributed by atoms with Gasteiger partial charge in [0.05, 0.1) is 0 Å². The van der Waals surface area contributed by atoms with Crippen molar-refractivity contribution in [2.45, 2.75) is 19.4 Å². The topological polar surface area (TPSA) is 32.3 Å². The zero-order valence-corrected chi connectivity index (χ0v) is 10.6. The van der Waals surface area contributed by atoms with Crippen LogP contribution in [-0.2, 0) is 6.54 Å². The first-order chi connectivity index (χ1) is 8.25. The third-order valence-electron chi connectivity index (χ3n) is 3.13. The summed E-state index contributed by atoms with van der Waals surface area (Å²) in [6.07, 6.45) is 2.51. The van der Waals surface area contributed by atoms with Crippen LogP contribution in [0.4, 0.5) is 4.39 Å². The van der Waals surface area contributed by atoms with Crippen molar-refractivity contribution in [3.63, 3.8) is 0 Å². The normalized spacial score (nSPS) is 17.2. The molecule has 0 saturated carbocycles. The second kappa shape index (κ2) is 6.26. The van der Waals surface area contributed by atoms with Gasteiger partial charge in [-0.15, -0.1) is 0 Å². The van der Waals surface area contributed by atoms with Gasteiger partial charge in [-0.3, -0.25) is 0 Å². The molecule has 1 aliphatic rings. The van der Waals surface area contributed by atoms with Crippen molar-refractivity contribution in [1.82, 2.24) is 5.32 Å². The summed E-state index contributed by atoms with van der Waals surface area (Å²) in [5.74, 6) is 3.09. The molecule has 4 heteroatoms. The molecule has 0 bridgehead atoms. The quantitative estimate of drug-likeness (QED) is 0.867. The number of aromatic hydroxyl groups is 1. The Kier molecular flexibility index (Phi) is 4.68. The van der Waals surface area contributed by atoms with E-state index in [1.54, 1.807) is 0 Å². The lowest BCUT2D eigenvalue weighted by atomic mass is 10.0. The van der Waals surface area contributed by atoms with Gasteiger partial charge in [0.25, 0.3) is 0 Å². The molecule has 1 saturated heterocycles. The van der Waals surface area contributed by atoms with E-state index in [0.717, 1.165) is 12.5 Å². The molecule has 0 amide bonds. The Morgan fingerprint density at radius 3 is 2.88 bits per heavy atom. The number of phenolic OH excluding ortho intramolecular Hbond substituents is 1. The molecule has 1 fully saturated rings. The van der Waals surface area contributed by atoms with Crippen LogP contribution in [0.1, 0.15) is 18.4 Å². The van der Waals surface area contributed by atoms with Gasteiger partial charge in [0.15, 0.2) is 0 Å². The minimum Gasteiger partial charge on any atom is -0.508 e. The van der Waals surface area contributed by atoms with Crippen LogP contribution < -0.4 is 5.32 Å². The molecule has 94 valence electrons. The molecule has 0 unspecified atom stereocenters. The molecule has 0 spiro atoms. The molecule has 1 heterocycles. The summed E-state index contributed by atoms with van der Waals surface area (Å²) in [6, 6.07) is 4.07. The van der Waals surface area contributed by atoms with Crippen molar-refractivity contribution in [2.75, 3.05) is 18.1 Å². The number of halogens is 1. The van der Waals surface area contributed by atoms with E-state index in [4.69, 9.17) is 0 Å². The average molecular weight is 255 g/mol. The minimum absolute atomic E-state index is 0.165. The Hall–Kier alpha value is -0.740. The Balaban J connectivity index is 1.79. The summed E-state index contributed by atoms with van der Waals surface area (Å²) in [5, 5.41) is 12.9. The zero-order chi connectivity index (χ0) is 12.1. The van der Waals surface area contributed by atoms with Crippen molar-refractivity contribution in [3.05, 3.63) is 29.6 Å². The molecular weight excluding hydrogens is 237 g/mol. The molecule has 0 radical (unpaired) electrons. The van der Waals surface area contributed by atoms with Gasteiger partial charge in [-0.25, -0.2) is 4.39 Å². The predicted octanol–water partition coefficient (Wildman–Crippen LogP) is 2.76. The Labute approximate surface area is 106 Å². The third kappa shape index (κ3) is 3.89. The van der Waals surface area contributed by atoms with Gasteiger partial charge < -0.3 is 10.4 Å². The van der Waals surface area contributed by atoms with Gasteiger partial charge in [-0.2, -0.15) is 11.8 Å². The highest BCUT2D eigenvalue weighted by Gasteiger charge is 2.13. The molecule has 17 heavy (non-hydrogen) atoms. The Bertz CT molecular complexity index is 366. The highest BCUT2D eigenvalue weighted by atomic mass is 32.2. The molecule has 0 aromatic heterocycles. The second-order valence-electron chi connectivity index (χ2n) is 4.46. The summed E-state index contributed by atoms with van der Waals surface area (Å²) < 4.78 is 13.0. The lowest BCUT2D eigenvalue weighted by Crippen LogP contribution is -2.25. The lowest BCUT2D eigenvalue weighted by molar-refractivity contribution is 0.434. The van der Waals surface area contributed by atoms with E-state index in [1.165, 1.54) is 42.5 Å². The predicted molar refractivity (Wildman–Crippen MR) is 69.8 cm³/mol. The monoisotopic (exact) mass is 255 g/mol. The van der Waals surface area contributed by atoms with Crippen LogP contribution in [0.25, 0.3) is 0 Å². The van der Waals surface area contributed by atoms with E-state index < -0.39 is 0 Å². The SMILES string of the molecule is Oc1ccc(F)cc1CNCC1CCSCC1. The average Bonchev–Trinajstić information content (AvgIpc) is 2.35. The van der Waals surface area contributed by atoms with E-state index in [9.17, 15) is 9.50 Å². The fourth-order valence-corrected chi connectivity index (χ4v) is 3.26. The van der Waals surface area contributed by atoms with E-state index >= 15 is 0 Å². The van der Waals surface area contributed by atoms with Crippen molar-refractivity contribution in [1.29, 1.82) is 0 Å². The van der Waals surface area contributed by atoms with Crippen molar-refractivity contribution in [2.24, 2.45) is 5.92 Å². The molecule has 1 aromatic carbocycles. The van der Waals surface area contributed by atoms with Crippen LogP contribution in [0.15, 0.2) is 18.2 Å². The maximum absolute atomic E-state index is 13.0. The second-order valence-corrected chi connectivity index (χ2v) is 5.68. The van der Waals surface area contributed by atoms with Crippen LogP contribution in [0.3, 0.4) is 0 Å². The standard InChI is InChI=1S/C13H18FNOS/c14-12-1-2-13(16)11(7-12)9-15-8-10-3-5-17-6-4-10/h1-2,7,10,15-16H,3-6,8-9H2. The number of phenols is 1. The number of rotatable bonds is 4. The van der Waals surface area contributed by atoms with E-state index in [1.807, 2.05) is 11.8 Å². The largest absolute Gasteiger partial charge is 0.508 e. The minimum atomic E-state index is -0.298. The zero-order valence-electron chi connectivity index (χ0n) is 9.79. The first-order valence-electron chi connectivity index (χ1n) is 6.01. The van der Waals surface area contributed by atoms with Crippen molar-refractivity contribution in [3.8, 4) is 5.75 Å². The molecule has 0 atom stereocenters. The van der Waals surface area contributed by atoms with E-state index in [0.29, 0.717) is 12.1 Å². The Morgan fingerprint density at radius 1 is 1.35 bits per heavy atom. The number of benzene rings is 1. The van der Waals surface area contributed by atoms with Crippen LogP contribution in [-0.4, -0.2) is 23.2 Å². The van der Waals surface area contributed by atoms with Gasteiger partial charge in [0.1, 0.15) is 11.6 Å². The molecule has 1 aromatic rings. The third-order valence-corrected chi connectivity index (χ3v) is 4.18. The number of thioether (sulfide) groups is 1. The summed E-state index contributed by atoms with van der Waals surface area (Å²) in [6.45, 7) is 1.49. The summed E-state index contributed by atoms with van der Waals surface area (Å²) in [4.78, 5) is 0. The van der Waals surface area contributed by atoms with Gasteiger partial charge >= 0.3 is 0 Å². The number of hydrogen-bond acceptors (Lipinski definition) is 3. The van der Waals surface area contributed by atoms with Gasteiger partial charge in [0.2, 0.25) is 0 Å². The van der Waals surface area contributed by atoms with E-state index in [2.05, 4.69) is 5.32 Å². The first-order valence-corrected chi connectivity index (χ1v) is 7.17. The number of nitrogens with one attached hydrogen (secondary N) is 1. The number of hydrogen-bond donors (Lipinski definition) is 2. The van der Waals surface area contributed by atoms with Crippen molar-refractivity contribution >= 4 is 11.8 Å². The summed E-state index contributed by atoms with van der Waals surface area (Å²) in [7, 11) is 0. The summed E-state index contributed by atoms with van der Waals surface area (Å²) >= 11 is 2.02. The van der Waals surface area contributed by atoms with Gasteiger partial charge in [-0.1, -0.05) is 0 Å². The summed E-state index contributed by atoms with van der Waals surface area (Å²) in [5.41, 5.74) is 0.634. The maximum Gasteiger partial charge on any atom is 0.123 e. The smallest absolute Gasteiger partial charge is 0.123 e. The fourth-order valence-electron chi connectivity index (χ4n) is 2.06. The Morgan fingerprint density at radius 2 is 2.12 bits per heavy atom. The highest BCUT2D eigenvalue weighted by molar-refractivity contribution is 7.99. The molecule has 2 nitrogen and oxygen atoms in total.